The summed E-state index contributed by atoms with van der Waals surface area (Å²) in [6, 6.07) is 20.1. The van der Waals surface area contributed by atoms with E-state index in [2.05, 4.69) is 15.6 Å². The van der Waals surface area contributed by atoms with Gasteiger partial charge in [-0.15, -0.1) is 11.8 Å². The summed E-state index contributed by atoms with van der Waals surface area (Å²) in [5.74, 6) is -9.86. The van der Waals surface area contributed by atoms with Gasteiger partial charge in [-0.1, -0.05) is 82.3 Å². The van der Waals surface area contributed by atoms with E-state index in [-0.39, 0.29) is 88.2 Å². The Hall–Kier alpha value is -8.76. The number of ether oxygens (including phenoxy) is 6. The van der Waals surface area contributed by atoms with Gasteiger partial charge in [-0.3, -0.25) is 29.4 Å². The number of alkyl carbamates (subject to hydrolysis) is 1. The largest absolute Gasteiger partial charge is 0.508 e. The van der Waals surface area contributed by atoms with E-state index in [9.17, 15) is 59.7 Å². The molecule has 2 saturated carbocycles. The molecule has 0 spiro atoms. The lowest BCUT2D eigenvalue weighted by Crippen LogP contribution is -2.81. The molecule has 3 amide bonds. The number of rotatable bonds is 22. The van der Waals surface area contributed by atoms with E-state index in [1.165, 1.54) is 52.1 Å². The van der Waals surface area contributed by atoms with E-state index in [1.807, 2.05) is 25.8 Å². The van der Waals surface area contributed by atoms with Crippen LogP contribution in [0.5, 0.6) is 11.5 Å². The molecule has 3 aromatic carbocycles. The number of anilines is 1. The fourth-order valence-corrected chi connectivity index (χ4v) is 15.6. The second-order valence-electron chi connectivity index (χ2n) is 28.4. The molecule has 100 heavy (non-hydrogen) atoms. The number of pyridine rings is 1. The van der Waals surface area contributed by atoms with Crippen LogP contribution in [-0.2, 0) is 57.2 Å². The highest BCUT2D eigenvalue weighted by Gasteiger charge is 2.78. The minimum absolute atomic E-state index is 0.0220. The van der Waals surface area contributed by atoms with E-state index >= 15 is 9.59 Å². The number of fused-ring (bicyclic) bond motifs is 5. The summed E-state index contributed by atoms with van der Waals surface area (Å²) in [5, 5.41) is 83.5. The van der Waals surface area contributed by atoms with Gasteiger partial charge in [-0.2, -0.15) is 0 Å². The number of esters is 4. The smallest absolute Gasteiger partial charge is 0.408 e. The van der Waals surface area contributed by atoms with Crippen molar-refractivity contribution >= 4 is 76.6 Å². The number of amides is 3. The molecule has 3 heterocycles. The summed E-state index contributed by atoms with van der Waals surface area (Å²) < 4.78 is 36.6. The van der Waals surface area contributed by atoms with Gasteiger partial charge in [-0.05, 0) is 112 Å². The zero-order chi connectivity index (χ0) is 73.3. The molecule has 4 aromatic rings. The number of hydrogen-bond acceptors (Lipinski definition) is 24. The number of ketones is 1. The van der Waals surface area contributed by atoms with E-state index in [4.69, 9.17) is 33.8 Å². The van der Waals surface area contributed by atoms with Crippen molar-refractivity contribution in [2.75, 3.05) is 49.7 Å². The zero-order valence-electron chi connectivity index (χ0n) is 58.3. The van der Waals surface area contributed by atoms with Gasteiger partial charge in [0.2, 0.25) is 12.0 Å². The van der Waals surface area contributed by atoms with Crippen molar-refractivity contribution in [3.05, 3.63) is 130 Å². The van der Waals surface area contributed by atoms with Crippen LogP contribution < -0.4 is 15.5 Å². The Labute approximate surface area is 584 Å². The van der Waals surface area contributed by atoms with Gasteiger partial charge in [0, 0.05) is 75.7 Å². The Morgan fingerprint density at radius 1 is 0.890 bits per heavy atom. The molecule has 1 unspecified atom stereocenters. The van der Waals surface area contributed by atoms with Crippen molar-refractivity contribution in [3.8, 4) is 11.5 Å². The first kappa shape index (κ1) is 75.4. The summed E-state index contributed by atoms with van der Waals surface area (Å²) in [6.45, 7) is 17.7. The number of aromatic hydroxyl groups is 2. The van der Waals surface area contributed by atoms with Crippen LogP contribution in [0.1, 0.15) is 152 Å². The molecule has 1 aromatic heterocycles. The Bertz CT molecular complexity index is 3840. The van der Waals surface area contributed by atoms with E-state index in [0.29, 0.717) is 42.9 Å². The third-order valence-corrected chi connectivity index (χ3v) is 21.2. The van der Waals surface area contributed by atoms with Crippen molar-refractivity contribution in [2.45, 2.75) is 179 Å². The maximum Gasteiger partial charge on any atom is 0.408 e. The average Bonchev–Trinajstić information content (AvgIpc) is 0.670. The first-order valence-electron chi connectivity index (χ1n) is 33.4. The molecule has 0 radical (unpaired) electrons. The van der Waals surface area contributed by atoms with Gasteiger partial charge < -0.3 is 79.8 Å². The molecule has 12 atom stereocenters. The number of aliphatic hydroxyl groups is 3. The lowest BCUT2D eigenvalue weighted by molar-refractivity contribution is -0.346. The van der Waals surface area contributed by atoms with Gasteiger partial charge in [0.1, 0.15) is 64.7 Å². The standard InChI is InChI=1S/C73H91N7O19S/c1-13-76-65(89)58(75)55(57(74)46-30-45(38(2)3)47(82)31-48(46)83)43-24-25-52(77-34-43)79(12)44-26-28-80(29-27-44)53(85)35-100-36-54(86)96-61(59(41-20-16-14-17-21-41)78-68(92)99-69(6,7)8)67(91)95-49-33-73(93)64(97-66(90)42-22-18-15-19-23-42)62-71(11,63(88)60(87)56(39(49)4)70(73,9)10)50(84)32-51-72(62,37-94-51)98-40(5)81/h14-25,30-31,34,38,44,49-51,55,59-62,64,74-75,82-84,87,93H,13,26-29,32-33,35-37H2,1-12H3,(H,76,89)(H,78,92)/t49-,50-,51+,55?,59-,60+,61+,62-,64-,71+,72-,73+/m0/s1. The number of thioether (sulfide) groups is 1. The summed E-state index contributed by atoms with van der Waals surface area (Å²) in [6.07, 6.45) is -9.89. The molecule has 9 N–H and O–H groups in total. The molecule has 4 fully saturated rings. The predicted molar refractivity (Wildman–Crippen MR) is 367 cm³/mol. The predicted octanol–water partition coefficient (Wildman–Crippen LogP) is 6.91. The van der Waals surface area contributed by atoms with Crippen LogP contribution in [0.4, 0.5) is 10.6 Å². The lowest BCUT2D eigenvalue weighted by atomic mass is 9.44. The highest BCUT2D eigenvalue weighted by atomic mass is 32.2. The fraction of sp³-hybridized carbons (Fsp3) is 0.521. The van der Waals surface area contributed by atoms with Gasteiger partial charge in [0.05, 0.1) is 52.7 Å². The molecule has 26 nitrogen and oxygen atoms in total. The average molecular weight is 1400 g/mol. The molecule has 2 saturated heterocycles. The number of nitrogens with one attached hydrogen (secondary N) is 4. The Kier molecular flexibility index (Phi) is 22.5. The number of hydrogen-bond donors (Lipinski definition) is 9. The third kappa shape index (κ3) is 14.9. The minimum atomic E-state index is -2.50. The third-order valence-electron chi connectivity index (χ3n) is 20.3. The van der Waals surface area contributed by atoms with E-state index in [1.54, 1.807) is 93.3 Å². The van der Waals surface area contributed by atoms with Crippen molar-refractivity contribution in [3.63, 3.8) is 0 Å². The molecule has 27 heteroatoms. The van der Waals surface area contributed by atoms with Gasteiger partial charge in [-0.25, -0.2) is 19.4 Å². The van der Waals surface area contributed by atoms with Crippen molar-refractivity contribution in [1.82, 2.24) is 20.5 Å². The van der Waals surface area contributed by atoms with Crippen LogP contribution in [0.25, 0.3) is 0 Å². The number of piperidine rings is 1. The molecular weight excluding hydrogens is 1310 g/mol. The van der Waals surface area contributed by atoms with E-state index < -0.39 is 142 Å². The topological polar surface area (TPSA) is 384 Å². The van der Waals surface area contributed by atoms with Crippen LogP contribution in [0, 0.1) is 27.6 Å². The molecular formula is C73H91N7O19S. The highest BCUT2D eigenvalue weighted by molar-refractivity contribution is 8.00. The molecule has 2 bridgehead atoms. The molecule has 2 aliphatic heterocycles. The number of phenols is 2. The normalized spacial score (nSPS) is 25.7. The van der Waals surface area contributed by atoms with Crippen molar-refractivity contribution in [1.29, 1.82) is 10.8 Å². The number of aliphatic hydroxyl groups excluding tert-OH is 2. The fourth-order valence-electron chi connectivity index (χ4n) is 14.9. The van der Waals surface area contributed by atoms with Gasteiger partial charge in [0.25, 0.3) is 5.91 Å². The molecule has 9 rings (SSSR count). The molecule has 538 valence electrons. The summed E-state index contributed by atoms with van der Waals surface area (Å²) >= 11 is 0.905. The Balaban J connectivity index is 0.942. The summed E-state index contributed by atoms with van der Waals surface area (Å²) in [7, 11) is 1.84. The first-order chi connectivity index (χ1) is 47.0. The number of phenolic OH excluding ortho intramolecular Hbond substituents is 2. The first-order valence-corrected chi connectivity index (χ1v) is 34.6. The number of aromatic nitrogens is 1. The van der Waals surface area contributed by atoms with Crippen LogP contribution in [0.15, 0.2) is 102 Å². The second-order valence-corrected chi connectivity index (χ2v) is 29.4. The van der Waals surface area contributed by atoms with E-state index in [0.717, 1.165) is 24.8 Å². The van der Waals surface area contributed by atoms with Gasteiger partial charge >= 0.3 is 30.0 Å². The summed E-state index contributed by atoms with van der Waals surface area (Å²) in [4.78, 5) is 122. The van der Waals surface area contributed by atoms with Crippen molar-refractivity contribution in [2.24, 2.45) is 16.7 Å². The Morgan fingerprint density at radius 2 is 1.54 bits per heavy atom. The number of carbonyl (C=O) groups is 8. The van der Waals surface area contributed by atoms with Crippen molar-refractivity contribution < 1.29 is 92.3 Å². The number of likely N-dealkylation sites (tertiary alicyclic amines) is 1. The number of carbonyl (C=O) groups excluding carboxylic acids is 8. The minimum Gasteiger partial charge on any atom is -0.508 e. The Morgan fingerprint density at radius 3 is 2.12 bits per heavy atom. The van der Waals surface area contributed by atoms with Crippen LogP contribution in [-0.4, -0.2) is 199 Å². The van der Waals surface area contributed by atoms with Crippen LogP contribution in [0.2, 0.25) is 0 Å². The number of benzene rings is 3. The maximum absolute atomic E-state index is 15.4. The lowest BCUT2D eigenvalue weighted by Gasteiger charge is -2.67. The quantitative estimate of drug-likeness (QED) is 0.0167. The maximum atomic E-state index is 15.4. The molecule has 5 aliphatic rings. The SMILES string of the molecule is CCNC(=O)C(=N)C(C(=N)c1cc(C(C)C)c(O)cc1O)c1ccc(N(C)C2CCN(C(=O)CSCC(=O)O[C@@H](C(=O)O[C@H]3C[C@@]4(O)[C@@H](OC(=O)c5ccccc5)[C@@H]5[C@]6(OC(C)=O)CO[C@@H]6C[C@H](O)[C@@]5(C)C(=O)[C@H](O)C(=C3C)C4(C)C)[C@@H](NC(=O)OC(C)(C)C)c3ccccc3)CC2)nc1. The van der Waals surface area contributed by atoms with Crippen LogP contribution in [0.3, 0.4) is 0 Å². The summed E-state index contributed by atoms with van der Waals surface area (Å²) in [5.41, 5.74) is -8.95. The van der Waals surface area contributed by atoms with Crippen LogP contribution >= 0.6 is 11.8 Å². The highest BCUT2D eigenvalue weighted by Crippen LogP contribution is 2.64. The zero-order valence-corrected chi connectivity index (χ0v) is 59.1. The monoisotopic (exact) mass is 1400 g/mol. The molecule has 3 aliphatic carbocycles. The number of nitrogens with zero attached hydrogens (tertiary/aromatic N) is 3. The second kappa shape index (κ2) is 29.8. The van der Waals surface area contributed by atoms with Gasteiger partial charge in [0.15, 0.2) is 11.4 Å². The number of Topliss-reactive ketones (excluding diaryl/α,β-unsaturated/α-hetero) is 1.